The molecule has 4 heteroatoms. The molecule has 2 heterocycles. The van der Waals surface area contributed by atoms with Gasteiger partial charge in [0.1, 0.15) is 11.5 Å². The summed E-state index contributed by atoms with van der Waals surface area (Å²) in [5, 5.41) is 9.86. The molecular weight excluding hydrogens is 302 g/mol. The van der Waals surface area contributed by atoms with Gasteiger partial charge in [-0.1, -0.05) is 30.3 Å². The minimum absolute atomic E-state index is 0.0282. The molecule has 1 aromatic carbocycles. The van der Waals surface area contributed by atoms with E-state index in [0.717, 1.165) is 18.4 Å². The summed E-state index contributed by atoms with van der Waals surface area (Å²) in [6, 6.07) is 11.0. The molecule has 0 amide bonds. The van der Waals surface area contributed by atoms with Crippen LogP contribution in [-0.4, -0.2) is 46.8 Å². The number of esters is 1. The predicted molar refractivity (Wildman–Crippen MR) is 93.8 cm³/mol. The van der Waals surface area contributed by atoms with E-state index in [2.05, 4.69) is 18.7 Å². The van der Waals surface area contributed by atoms with E-state index in [1.807, 2.05) is 30.3 Å². The maximum absolute atomic E-state index is 12.8. The van der Waals surface area contributed by atoms with Gasteiger partial charge in [-0.3, -0.25) is 9.69 Å². The Hall–Kier alpha value is -1.39. The van der Waals surface area contributed by atoms with Crippen LogP contribution in [0, 0.1) is 0 Å². The zero-order chi connectivity index (χ0) is 17.3. The van der Waals surface area contributed by atoms with Crippen molar-refractivity contribution in [1.29, 1.82) is 0 Å². The summed E-state index contributed by atoms with van der Waals surface area (Å²) in [5.74, 6) is -0.307. The van der Waals surface area contributed by atoms with Gasteiger partial charge in [-0.15, -0.1) is 0 Å². The molecule has 2 aliphatic heterocycles. The molecule has 0 saturated carbocycles. The van der Waals surface area contributed by atoms with Crippen molar-refractivity contribution in [2.45, 2.75) is 76.1 Å². The van der Waals surface area contributed by atoms with Crippen molar-refractivity contribution in [3.63, 3.8) is 0 Å². The van der Waals surface area contributed by atoms with Crippen LogP contribution in [0.15, 0.2) is 30.3 Å². The van der Waals surface area contributed by atoms with Crippen LogP contribution in [0.1, 0.15) is 52.0 Å². The number of carbonyl (C=O) groups excluding carboxylic acids is 1. The summed E-state index contributed by atoms with van der Waals surface area (Å²) in [4.78, 5) is 15.4. The largest absolute Gasteiger partial charge is 0.462 e. The second kappa shape index (κ2) is 6.85. The maximum Gasteiger partial charge on any atom is 0.318 e. The van der Waals surface area contributed by atoms with Crippen LogP contribution in [0.3, 0.4) is 0 Å². The van der Waals surface area contributed by atoms with Crippen LogP contribution in [-0.2, 0) is 14.9 Å². The van der Waals surface area contributed by atoms with Gasteiger partial charge in [-0.25, -0.2) is 0 Å². The Kier molecular flexibility index (Phi) is 4.97. The molecule has 0 spiro atoms. The minimum Gasteiger partial charge on any atom is -0.462 e. The summed E-state index contributed by atoms with van der Waals surface area (Å²) in [6.45, 7) is 6.02. The Morgan fingerprint density at radius 1 is 1.25 bits per heavy atom. The Morgan fingerprint density at radius 2 is 1.83 bits per heavy atom. The topological polar surface area (TPSA) is 49.8 Å². The second-order valence-corrected chi connectivity index (χ2v) is 7.78. The van der Waals surface area contributed by atoms with E-state index < -0.39 is 5.41 Å². The van der Waals surface area contributed by atoms with E-state index in [1.165, 1.54) is 12.8 Å². The molecule has 3 rings (SSSR count). The summed E-state index contributed by atoms with van der Waals surface area (Å²) in [5.41, 5.74) is -0.185. The highest BCUT2D eigenvalue weighted by atomic mass is 16.5. The standard InChI is InChI=1S/C20H29NO3/c1-14(2)21-16-9-10-17(21)12-18(11-16)24-19(23)20(3,13-22)15-7-5-4-6-8-15/h4-8,14,16-18,22H,9-13H2,1-3H3/t16-,17-,20+/m1/s1. The van der Waals surface area contributed by atoms with E-state index in [9.17, 15) is 9.90 Å². The first kappa shape index (κ1) is 17.4. The fourth-order valence-corrected chi connectivity index (χ4v) is 4.46. The Balaban J connectivity index is 1.69. The Morgan fingerprint density at radius 3 is 2.33 bits per heavy atom. The summed E-state index contributed by atoms with van der Waals surface area (Å²) < 4.78 is 5.89. The van der Waals surface area contributed by atoms with Crippen LogP contribution in [0.25, 0.3) is 0 Å². The first-order chi connectivity index (χ1) is 11.5. The van der Waals surface area contributed by atoms with Crippen LogP contribution in [0.2, 0.25) is 0 Å². The Labute approximate surface area is 144 Å². The quantitative estimate of drug-likeness (QED) is 0.843. The van der Waals surface area contributed by atoms with Gasteiger partial charge in [0, 0.05) is 31.0 Å². The molecule has 0 radical (unpaired) electrons. The zero-order valence-corrected chi connectivity index (χ0v) is 14.9. The molecule has 2 fully saturated rings. The van der Waals surface area contributed by atoms with E-state index in [1.54, 1.807) is 6.92 Å². The molecule has 3 atom stereocenters. The van der Waals surface area contributed by atoms with E-state index >= 15 is 0 Å². The average Bonchev–Trinajstić information content (AvgIpc) is 2.86. The van der Waals surface area contributed by atoms with Crippen LogP contribution < -0.4 is 0 Å². The fraction of sp³-hybridized carbons (Fsp3) is 0.650. The molecule has 0 aliphatic carbocycles. The number of hydrogen-bond donors (Lipinski definition) is 1. The highest BCUT2D eigenvalue weighted by molar-refractivity contribution is 5.83. The molecule has 132 valence electrons. The lowest BCUT2D eigenvalue weighted by molar-refractivity contribution is -0.161. The smallest absolute Gasteiger partial charge is 0.318 e. The molecule has 1 N–H and O–H groups in total. The number of carbonyl (C=O) groups is 1. The lowest BCUT2D eigenvalue weighted by Crippen LogP contribution is -2.50. The predicted octanol–water partition coefficient (Wildman–Crippen LogP) is 2.88. The first-order valence-electron chi connectivity index (χ1n) is 9.10. The molecule has 2 bridgehead atoms. The van der Waals surface area contributed by atoms with Gasteiger partial charge in [-0.05, 0) is 39.2 Å². The zero-order valence-electron chi connectivity index (χ0n) is 14.9. The number of nitrogens with zero attached hydrogens (tertiary/aromatic N) is 1. The van der Waals surface area contributed by atoms with Gasteiger partial charge in [0.15, 0.2) is 0 Å². The molecule has 2 aliphatic rings. The number of fused-ring (bicyclic) bond motifs is 2. The molecule has 2 saturated heterocycles. The number of benzene rings is 1. The lowest BCUT2D eigenvalue weighted by Gasteiger charge is -2.41. The number of hydrogen-bond acceptors (Lipinski definition) is 4. The lowest BCUT2D eigenvalue weighted by atomic mass is 9.83. The molecule has 0 unspecified atom stereocenters. The normalized spacial score (nSPS) is 29.5. The van der Waals surface area contributed by atoms with Crippen LogP contribution in [0.4, 0.5) is 0 Å². The third-order valence-electron chi connectivity index (χ3n) is 5.79. The van der Waals surface area contributed by atoms with Crippen molar-refractivity contribution in [2.24, 2.45) is 0 Å². The maximum atomic E-state index is 12.8. The number of aliphatic hydroxyl groups is 1. The Bertz CT molecular complexity index is 560. The van der Waals surface area contributed by atoms with Gasteiger partial charge in [0.25, 0.3) is 0 Å². The molecular formula is C20H29NO3. The van der Waals surface area contributed by atoms with Gasteiger partial charge < -0.3 is 9.84 Å². The van der Waals surface area contributed by atoms with Crippen molar-refractivity contribution >= 4 is 5.97 Å². The van der Waals surface area contributed by atoms with Crippen molar-refractivity contribution in [1.82, 2.24) is 4.90 Å². The van der Waals surface area contributed by atoms with Crippen LogP contribution >= 0.6 is 0 Å². The van der Waals surface area contributed by atoms with Crippen LogP contribution in [0.5, 0.6) is 0 Å². The minimum atomic E-state index is -0.991. The summed E-state index contributed by atoms with van der Waals surface area (Å²) in [7, 11) is 0. The van der Waals surface area contributed by atoms with Gasteiger partial charge >= 0.3 is 5.97 Å². The fourth-order valence-electron chi connectivity index (χ4n) is 4.46. The third-order valence-corrected chi connectivity index (χ3v) is 5.79. The van der Waals surface area contributed by atoms with E-state index in [-0.39, 0.29) is 18.7 Å². The van der Waals surface area contributed by atoms with Crippen molar-refractivity contribution < 1.29 is 14.6 Å². The third kappa shape index (κ3) is 3.09. The number of ether oxygens (including phenoxy) is 1. The molecule has 4 nitrogen and oxygen atoms in total. The monoisotopic (exact) mass is 331 g/mol. The second-order valence-electron chi connectivity index (χ2n) is 7.78. The van der Waals surface area contributed by atoms with E-state index in [0.29, 0.717) is 18.1 Å². The SMILES string of the molecule is CC(C)N1[C@@H]2CC[C@@H]1CC(OC(=O)[C@@](C)(CO)c1ccccc1)C2. The highest BCUT2D eigenvalue weighted by Gasteiger charge is 2.45. The van der Waals surface area contributed by atoms with E-state index in [4.69, 9.17) is 4.74 Å². The van der Waals surface area contributed by atoms with Crippen molar-refractivity contribution in [2.75, 3.05) is 6.61 Å². The first-order valence-corrected chi connectivity index (χ1v) is 9.10. The molecule has 0 aromatic heterocycles. The van der Waals surface area contributed by atoms with Crippen molar-refractivity contribution in [3.05, 3.63) is 35.9 Å². The number of piperidine rings is 1. The van der Waals surface area contributed by atoms with Crippen molar-refractivity contribution in [3.8, 4) is 0 Å². The average molecular weight is 331 g/mol. The highest BCUT2D eigenvalue weighted by Crippen LogP contribution is 2.39. The number of rotatable bonds is 5. The number of aliphatic hydroxyl groups excluding tert-OH is 1. The van der Waals surface area contributed by atoms with Gasteiger partial charge in [0.05, 0.1) is 6.61 Å². The molecule has 24 heavy (non-hydrogen) atoms. The van der Waals surface area contributed by atoms with Gasteiger partial charge in [0.2, 0.25) is 0 Å². The summed E-state index contributed by atoms with van der Waals surface area (Å²) in [6.07, 6.45) is 4.20. The van der Waals surface area contributed by atoms with Gasteiger partial charge in [-0.2, -0.15) is 0 Å². The summed E-state index contributed by atoms with van der Waals surface area (Å²) >= 11 is 0. The molecule has 1 aromatic rings.